The molecule has 0 radical (unpaired) electrons. The summed E-state index contributed by atoms with van der Waals surface area (Å²) in [6, 6.07) is 8.09. The first-order valence-corrected chi connectivity index (χ1v) is 7.38. The molecule has 112 valence electrons. The minimum atomic E-state index is 0.239. The summed E-state index contributed by atoms with van der Waals surface area (Å²) in [6.07, 6.45) is 4.30. The predicted octanol–water partition coefficient (Wildman–Crippen LogP) is 1.12. The summed E-state index contributed by atoms with van der Waals surface area (Å²) in [7, 11) is 0. The first-order chi connectivity index (χ1) is 10.3. The van der Waals surface area contributed by atoms with E-state index in [1.54, 1.807) is 0 Å². The number of hydrogen-bond acceptors (Lipinski definition) is 3. The molecular formula is C15H21N5O. The van der Waals surface area contributed by atoms with Gasteiger partial charge in [-0.1, -0.05) is 12.1 Å². The largest absolute Gasteiger partial charge is 0.376 e. The number of benzene rings is 1. The molecule has 1 aromatic carbocycles. The van der Waals surface area contributed by atoms with Crippen LogP contribution < -0.4 is 11.1 Å². The van der Waals surface area contributed by atoms with E-state index in [0.717, 1.165) is 43.6 Å². The maximum absolute atomic E-state index is 5.86. The molecule has 1 aliphatic heterocycles. The molecule has 1 aliphatic rings. The van der Waals surface area contributed by atoms with Crippen molar-refractivity contribution in [3.05, 3.63) is 30.6 Å². The van der Waals surface area contributed by atoms with Crippen molar-refractivity contribution in [2.75, 3.05) is 19.7 Å². The van der Waals surface area contributed by atoms with E-state index >= 15 is 0 Å². The smallest absolute Gasteiger partial charge is 0.188 e. The molecule has 6 heteroatoms. The molecule has 2 aromatic rings. The van der Waals surface area contributed by atoms with Crippen LogP contribution in [0.25, 0.3) is 11.0 Å². The van der Waals surface area contributed by atoms with Crippen LogP contribution in [-0.2, 0) is 11.3 Å². The van der Waals surface area contributed by atoms with Gasteiger partial charge in [0.05, 0.1) is 30.0 Å². The quantitative estimate of drug-likeness (QED) is 0.638. The number of rotatable bonds is 5. The van der Waals surface area contributed by atoms with Gasteiger partial charge in [-0.2, -0.15) is 0 Å². The number of nitrogens with zero attached hydrogens (tertiary/aromatic N) is 3. The Morgan fingerprint density at radius 2 is 2.38 bits per heavy atom. The van der Waals surface area contributed by atoms with Crippen molar-refractivity contribution in [3.8, 4) is 0 Å². The molecule has 1 fully saturated rings. The van der Waals surface area contributed by atoms with Crippen LogP contribution in [0, 0.1) is 0 Å². The van der Waals surface area contributed by atoms with Gasteiger partial charge in [0.2, 0.25) is 0 Å². The monoisotopic (exact) mass is 287 g/mol. The second-order valence-corrected chi connectivity index (χ2v) is 5.21. The Morgan fingerprint density at radius 3 is 3.24 bits per heavy atom. The van der Waals surface area contributed by atoms with Crippen molar-refractivity contribution in [2.24, 2.45) is 10.7 Å². The third kappa shape index (κ3) is 3.52. The molecule has 0 spiro atoms. The highest BCUT2D eigenvalue weighted by Gasteiger charge is 2.14. The lowest BCUT2D eigenvalue weighted by Gasteiger charge is -2.09. The minimum absolute atomic E-state index is 0.239. The highest BCUT2D eigenvalue weighted by atomic mass is 16.5. The molecule has 1 aromatic heterocycles. The number of para-hydroxylation sites is 2. The average Bonchev–Trinajstić information content (AvgIpc) is 3.15. The first kappa shape index (κ1) is 13.9. The van der Waals surface area contributed by atoms with Crippen LogP contribution in [0.4, 0.5) is 0 Å². The maximum atomic E-state index is 5.86. The number of nitrogens with one attached hydrogen (secondary N) is 1. The van der Waals surface area contributed by atoms with E-state index < -0.39 is 0 Å². The van der Waals surface area contributed by atoms with Gasteiger partial charge in [-0.25, -0.2) is 4.98 Å². The molecule has 0 aliphatic carbocycles. The topological polar surface area (TPSA) is 77.5 Å². The number of aliphatic imine (C=N–C) groups is 1. The SMILES string of the molecule is NC(=NCC1CCCO1)NCCn1cnc2ccccc21. The van der Waals surface area contributed by atoms with Crippen molar-refractivity contribution < 1.29 is 4.74 Å². The summed E-state index contributed by atoms with van der Waals surface area (Å²) in [5.41, 5.74) is 8.01. The molecule has 0 saturated carbocycles. The summed E-state index contributed by atoms with van der Waals surface area (Å²) in [6.45, 7) is 3.02. The highest BCUT2D eigenvalue weighted by molar-refractivity contribution is 5.78. The molecule has 0 bridgehead atoms. The van der Waals surface area contributed by atoms with Crippen molar-refractivity contribution >= 4 is 17.0 Å². The fourth-order valence-corrected chi connectivity index (χ4v) is 2.54. The van der Waals surface area contributed by atoms with Gasteiger partial charge in [-0.3, -0.25) is 4.99 Å². The van der Waals surface area contributed by atoms with E-state index in [2.05, 4.69) is 25.9 Å². The second-order valence-electron chi connectivity index (χ2n) is 5.21. The van der Waals surface area contributed by atoms with Gasteiger partial charge in [0, 0.05) is 19.7 Å². The van der Waals surface area contributed by atoms with Gasteiger partial charge < -0.3 is 20.4 Å². The van der Waals surface area contributed by atoms with E-state index in [9.17, 15) is 0 Å². The Labute approximate surface area is 124 Å². The molecule has 3 N–H and O–H groups in total. The lowest BCUT2D eigenvalue weighted by molar-refractivity contribution is 0.118. The van der Waals surface area contributed by atoms with E-state index in [0.29, 0.717) is 12.5 Å². The summed E-state index contributed by atoms with van der Waals surface area (Å²) in [4.78, 5) is 8.68. The molecule has 2 heterocycles. The van der Waals surface area contributed by atoms with E-state index in [4.69, 9.17) is 10.5 Å². The highest BCUT2D eigenvalue weighted by Crippen LogP contribution is 2.12. The van der Waals surface area contributed by atoms with Gasteiger partial charge in [-0.15, -0.1) is 0 Å². The number of nitrogens with two attached hydrogens (primary N) is 1. The first-order valence-electron chi connectivity index (χ1n) is 7.38. The molecule has 0 amide bonds. The van der Waals surface area contributed by atoms with Crippen molar-refractivity contribution in [2.45, 2.75) is 25.5 Å². The molecule has 1 saturated heterocycles. The standard InChI is InChI=1S/C15H21N5O/c16-15(18-10-12-4-3-9-21-12)17-7-8-20-11-19-13-5-1-2-6-14(13)20/h1-2,5-6,11-12H,3-4,7-10H2,(H3,16,17,18). The van der Waals surface area contributed by atoms with Crippen molar-refractivity contribution in [3.63, 3.8) is 0 Å². The number of hydrogen-bond donors (Lipinski definition) is 2. The number of imidazole rings is 1. The summed E-state index contributed by atoms with van der Waals surface area (Å²) >= 11 is 0. The van der Waals surface area contributed by atoms with Crippen LogP contribution >= 0.6 is 0 Å². The number of aromatic nitrogens is 2. The predicted molar refractivity (Wildman–Crippen MR) is 83.2 cm³/mol. The van der Waals surface area contributed by atoms with Crippen LogP contribution in [0.15, 0.2) is 35.6 Å². The molecule has 3 rings (SSSR count). The van der Waals surface area contributed by atoms with Gasteiger partial charge in [-0.05, 0) is 25.0 Å². The number of fused-ring (bicyclic) bond motifs is 1. The fraction of sp³-hybridized carbons (Fsp3) is 0.467. The molecule has 6 nitrogen and oxygen atoms in total. The van der Waals surface area contributed by atoms with Crippen LogP contribution in [0.3, 0.4) is 0 Å². The third-order valence-corrected chi connectivity index (χ3v) is 3.68. The zero-order valence-corrected chi connectivity index (χ0v) is 12.0. The Bertz CT molecular complexity index is 615. The van der Waals surface area contributed by atoms with Gasteiger partial charge in [0.1, 0.15) is 0 Å². The van der Waals surface area contributed by atoms with Crippen LogP contribution in [0.1, 0.15) is 12.8 Å². The Hall–Kier alpha value is -2.08. The molecule has 1 atom stereocenters. The van der Waals surface area contributed by atoms with Crippen LogP contribution in [-0.4, -0.2) is 41.3 Å². The van der Waals surface area contributed by atoms with Gasteiger partial charge >= 0.3 is 0 Å². The van der Waals surface area contributed by atoms with Gasteiger partial charge in [0.25, 0.3) is 0 Å². The normalized spacial score (nSPS) is 19.2. The van der Waals surface area contributed by atoms with E-state index in [-0.39, 0.29) is 6.10 Å². The van der Waals surface area contributed by atoms with Crippen molar-refractivity contribution in [1.29, 1.82) is 0 Å². The molecule has 21 heavy (non-hydrogen) atoms. The second kappa shape index (κ2) is 6.58. The van der Waals surface area contributed by atoms with E-state index in [1.807, 2.05) is 24.5 Å². The summed E-state index contributed by atoms with van der Waals surface area (Å²) in [5.74, 6) is 0.481. The maximum Gasteiger partial charge on any atom is 0.188 e. The van der Waals surface area contributed by atoms with Crippen molar-refractivity contribution in [1.82, 2.24) is 14.9 Å². The van der Waals surface area contributed by atoms with Gasteiger partial charge in [0.15, 0.2) is 5.96 Å². The molecular weight excluding hydrogens is 266 g/mol. The van der Waals surface area contributed by atoms with Crippen LogP contribution in [0.2, 0.25) is 0 Å². The summed E-state index contributed by atoms with van der Waals surface area (Å²) < 4.78 is 7.62. The number of ether oxygens (including phenoxy) is 1. The number of guanidine groups is 1. The Kier molecular flexibility index (Phi) is 4.35. The Balaban J connectivity index is 1.47. The lowest BCUT2D eigenvalue weighted by Crippen LogP contribution is -2.34. The zero-order chi connectivity index (χ0) is 14.5. The van der Waals surface area contributed by atoms with Crippen LogP contribution in [0.5, 0.6) is 0 Å². The molecule has 1 unspecified atom stereocenters. The summed E-state index contributed by atoms with van der Waals surface area (Å²) in [5, 5.41) is 3.13. The fourth-order valence-electron chi connectivity index (χ4n) is 2.54. The Morgan fingerprint density at radius 1 is 1.48 bits per heavy atom. The average molecular weight is 287 g/mol. The third-order valence-electron chi connectivity index (χ3n) is 3.68. The lowest BCUT2D eigenvalue weighted by atomic mass is 10.2. The minimum Gasteiger partial charge on any atom is -0.376 e. The zero-order valence-electron chi connectivity index (χ0n) is 12.0. The van der Waals surface area contributed by atoms with E-state index in [1.165, 1.54) is 0 Å².